The Balaban J connectivity index is 1.12. The number of anilines is 1. The van der Waals surface area contributed by atoms with E-state index in [0.717, 1.165) is 52.1 Å². The van der Waals surface area contributed by atoms with Gasteiger partial charge in [0.05, 0.1) is 18.8 Å². The number of carbonyl (C=O) groups is 2. The van der Waals surface area contributed by atoms with Gasteiger partial charge in [-0.15, -0.1) is 0 Å². The van der Waals surface area contributed by atoms with Crippen LogP contribution in [0.15, 0.2) is 119 Å². The maximum atomic E-state index is 12.6. The average molecular weight is 722 g/mol. The summed E-state index contributed by atoms with van der Waals surface area (Å²) >= 11 is 1.51. The fraction of sp³-hybridized carbons (Fsp3) is 0.293. The average Bonchev–Trinajstić information content (AvgIpc) is 3.63. The lowest BCUT2D eigenvalue weighted by atomic mass is 10.0. The molecule has 5 aromatic rings. The van der Waals surface area contributed by atoms with E-state index < -0.39 is 12.2 Å². The van der Waals surface area contributed by atoms with Crippen LogP contribution in [0.4, 0.5) is 5.69 Å². The van der Waals surface area contributed by atoms with Gasteiger partial charge in [0.2, 0.25) is 11.8 Å². The quantitative estimate of drug-likeness (QED) is 0.0341. The maximum Gasteiger partial charge on any atom is 0.256 e. The number of aliphatic hydroxyl groups is 1. The summed E-state index contributed by atoms with van der Waals surface area (Å²) in [4.78, 5) is 28.6. The van der Waals surface area contributed by atoms with Crippen molar-refractivity contribution >= 4 is 29.3 Å². The lowest BCUT2D eigenvalue weighted by Crippen LogP contribution is -2.31. The Hall–Kier alpha value is -4.78. The molecule has 11 heteroatoms. The Kier molecular flexibility index (Phi) is 13.3. The third kappa shape index (κ3) is 10.2. The van der Waals surface area contributed by atoms with Crippen molar-refractivity contribution in [1.29, 1.82) is 0 Å². The van der Waals surface area contributed by atoms with E-state index in [1.54, 1.807) is 5.48 Å². The highest BCUT2D eigenvalue weighted by atomic mass is 32.2. The van der Waals surface area contributed by atoms with Gasteiger partial charge < -0.3 is 24.3 Å². The van der Waals surface area contributed by atoms with Crippen LogP contribution < -0.4 is 10.8 Å². The minimum atomic E-state index is -0.649. The SMILES string of the molecule is O=C(CCCCCCC(=O)Nc1ccc(C2O[C@H](CSc3nc(-c4ccccc4)c(-c4ccccc4)o3)C[C@H](c3ccc(CO)cc3)O2)cc1)NO. The number of oxazole rings is 1. The Bertz CT molecular complexity index is 1810. The first-order valence-corrected chi connectivity index (χ1v) is 18.6. The summed E-state index contributed by atoms with van der Waals surface area (Å²) in [5.74, 6) is 0.829. The number of hydrogen-bond donors (Lipinski definition) is 4. The molecule has 4 N–H and O–H groups in total. The number of rotatable bonds is 16. The number of unbranched alkanes of at least 4 members (excludes halogenated alkanes) is 3. The number of carbonyl (C=O) groups excluding carboxylic acids is 2. The van der Waals surface area contributed by atoms with Crippen molar-refractivity contribution in [2.45, 2.75) is 75.3 Å². The number of nitrogens with one attached hydrogen (secondary N) is 2. The first-order chi connectivity index (χ1) is 25.5. The molecule has 0 saturated carbocycles. The van der Waals surface area contributed by atoms with E-state index in [0.29, 0.717) is 42.3 Å². The van der Waals surface area contributed by atoms with Crippen molar-refractivity contribution in [3.05, 3.63) is 126 Å². The van der Waals surface area contributed by atoms with E-state index >= 15 is 0 Å². The second-order valence-electron chi connectivity index (χ2n) is 12.7. The van der Waals surface area contributed by atoms with Gasteiger partial charge in [-0.2, -0.15) is 0 Å². The minimum absolute atomic E-state index is 0.0305. The van der Waals surface area contributed by atoms with E-state index in [4.69, 9.17) is 24.1 Å². The number of aromatic nitrogens is 1. The number of benzene rings is 4. The largest absolute Gasteiger partial charge is 0.431 e. The molecule has 1 fully saturated rings. The van der Waals surface area contributed by atoms with Gasteiger partial charge in [-0.25, -0.2) is 10.5 Å². The molecule has 0 spiro atoms. The van der Waals surface area contributed by atoms with Crippen molar-refractivity contribution in [2.24, 2.45) is 0 Å². The van der Waals surface area contributed by atoms with Crippen LogP contribution in [0.3, 0.4) is 0 Å². The van der Waals surface area contributed by atoms with Gasteiger partial charge in [0.25, 0.3) is 5.22 Å². The number of amides is 2. The number of ether oxygens (including phenoxy) is 2. The van der Waals surface area contributed by atoms with E-state index in [1.807, 2.05) is 109 Å². The van der Waals surface area contributed by atoms with Crippen molar-refractivity contribution in [2.75, 3.05) is 11.1 Å². The summed E-state index contributed by atoms with van der Waals surface area (Å²) in [7, 11) is 0. The molecule has 4 aromatic carbocycles. The third-order valence-corrected chi connectivity index (χ3v) is 9.81. The van der Waals surface area contributed by atoms with Crippen molar-refractivity contribution in [1.82, 2.24) is 10.5 Å². The number of hydroxylamine groups is 1. The smallest absolute Gasteiger partial charge is 0.256 e. The van der Waals surface area contributed by atoms with Gasteiger partial charge >= 0.3 is 0 Å². The second-order valence-corrected chi connectivity index (χ2v) is 13.6. The fourth-order valence-corrected chi connectivity index (χ4v) is 6.89. The zero-order valence-corrected chi connectivity index (χ0v) is 29.6. The molecule has 270 valence electrons. The van der Waals surface area contributed by atoms with Crippen LogP contribution in [-0.4, -0.2) is 39.0 Å². The molecule has 6 rings (SSSR count). The first kappa shape index (κ1) is 37.0. The van der Waals surface area contributed by atoms with E-state index in [-0.39, 0.29) is 31.1 Å². The monoisotopic (exact) mass is 721 g/mol. The van der Waals surface area contributed by atoms with Crippen LogP contribution in [-0.2, 0) is 25.7 Å². The van der Waals surface area contributed by atoms with Crippen molar-refractivity contribution < 1.29 is 33.8 Å². The van der Waals surface area contributed by atoms with Crippen LogP contribution in [0.25, 0.3) is 22.6 Å². The molecule has 2 amide bonds. The van der Waals surface area contributed by atoms with Gasteiger partial charge in [0.1, 0.15) is 5.69 Å². The Morgan fingerprint density at radius 1 is 0.750 bits per heavy atom. The molecular weight excluding hydrogens is 679 g/mol. The lowest BCUT2D eigenvalue weighted by Gasteiger charge is -2.36. The summed E-state index contributed by atoms with van der Waals surface area (Å²) in [5, 5.41) is 21.7. The molecule has 1 aliphatic heterocycles. The summed E-state index contributed by atoms with van der Waals surface area (Å²) in [6.07, 6.45) is 3.17. The zero-order chi connectivity index (χ0) is 36.1. The Labute approximate surface area is 307 Å². The van der Waals surface area contributed by atoms with Crippen LogP contribution >= 0.6 is 11.8 Å². The maximum absolute atomic E-state index is 12.6. The highest BCUT2D eigenvalue weighted by Crippen LogP contribution is 2.41. The van der Waals surface area contributed by atoms with Crippen LogP contribution in [0.5, 0.6) is 0 Å². The second kappa shape index (κ2) is 18.6. The zero-order valence-electron chi connectivity index (χ0n) is 28.8. The van der Waals surface area contributed by atoms with Crippen LogP contribution in [0.1, 0.15) is 74.0 Å². The highest BCUT2D eigenvalue weighted by molar-refractivity contribution is 7.99. The van der Waals surface area contributed by atoms with Gasteiger partial charge in [-0.3, -0.25) is 14.8 Å². The normalized spacial score (nSPS) is 17.1. The molecule has 1 aliphatic rings. The van der Waals surface area contributed by atoms with E-state index in [2.05, 4.69) is 5.32 Å². The Morgan fingerprint density at radius 3 is 2.04 bits per heavy atom. The minimum Gasteiger partial charge on any atom is -0.431 e. The van der Waals surface area contributed by atoms with E-state index in [1.165, 1.54) is 11.8 Å². The van der Waals surface area contributed by atoms with Gasteiger partial charge in [-0.05, 0) is 36.1 Å². The third-order valence-electron chi connectivity index (χ3n) is 8.85. The summed E-state index contributed by atoms with van der Waals surface area (Å²) in [6, 6.07) is 35.3. The molecular formula is C41H43N3O7S. The Morgan fingerprint density at radius 2 is 1.38 bits per heavy atom. The number of thioether (sulfide) groups is 1. The standard InChI is InChI=1S/C41H43N3O7S/c45-26-28-17-19-29(20-18-28)35-25-34(27-52-41-43-38(30-11-5-3-6-12-30)39(51-41)31-13-7-4-8-14-31)49-40(50-35)32-21-23-33(24-22-32)42-36(46)15-9-1-2-10-16-37(47)44-48/h3-8,11-14,17-24,34-35,40,45,48H,1-2,9-10,15-16,25-27H2,(H,42,46)(H,44,47)/t34-,35+,40?/m0/s1. The molecule has 10 nitrogen and oxygen atoms in total. The first-order valence-electron chi connectivity index (χ1n) is 17.6. The highest BCUT2D eigenvalue weighted by Gasteiger charge is 2.33. The predicted octanol–water partition coefficient (Wildman–Crippen LogP) is 8.62. The number of nitrogens with zero attached hydrogens (tertiary/aromatic N) is 1. The van der Waals surface area contributed by atoms with Crippen molar-refractivity contribution in [3.8, 4) is 22.6 Å². The summed E-state index contributed by atoms with van der Waals surface area (Å²) < 4.78 is 19.4. The van der Waals surface area contributed by atoms with Gasteiger partial charge in [0, 0.05) is 47.4 Å². The lowest BCUT2D eigenvalue weighted by molar-refractivity contribution is -0.245. The molecule has 52 heavy (non-hydrogen) atoms. The molecule has 2 heterocycles. The molecule has 3 atom stereocenters. The molecule has 0 aliphatic carbocycles. The van der Waals surface area contributed by atoms with Crippen molar-refractivity contribution in [3.63, 3.8) is 0 Å². The summed E-state index contributed by atoms with van der Waals surface area (Å²) in [6.45, 7) is -0.0305. The molecule has 1 aromatic heterocycles. The molecule has 0 bridgehead atoms. The number of hydrogen-bond acceptors (Lipinski definition) is 9. The van der Waals surface area contributed by atoms with Crippen LogP contribution in [0.2, 0.25) is 0 Å². The fourth-order valence-electron chi connectivity index (χ4n) is 6.05. The predicted molar refractivity (Wildman–Crippen MR) is 199 cm³/mol. The summed E-state index contributed by atoms with van der Waals surface area (Å²) in [5.41, 5.74) is 7.69. The van der Waals surface area contributed by atoms with Gasteiger partial charge in [-0.1, -0.05) is 122 Å². The van der Waals surface area contributed by atoms with Gasteiger partial charge in [0.15, 0.2) is 12.1 Å². The molecule has 1 unspecified atom stereocenters. The number of aliphatic hydroxyl groups excluding tert-OH is 1. The molecule has 1 saturated heterocycles. The van der Waals surface area contributed by atoms with E-state index in [9.17, 15) is 14.7 Å². The topological polar surface area (TPSA) is 143 Å². The molecule has 0 radical (unpaired) electrons. The van der Waals surface area contributed by atoms with Crippen LogP contribution in [0, 0.1) is 0 Å².